The summed E-state index contributed by atoms with van der Waals surface area (Å²) in [7, 11) is 0. The summed E-state index contributed by atoms with van der Waals surface area (Å²) in [5.74, 6) is 1.20. The Bertz CT molecular complexity index is 396. The predicted molar refractivity (Wildman–Crippen MR) is 80.1 cm³/mol. The van der Waals surface area contributed by atoms with Gasteiger partial charge in [-0.1, -0.05) is 27.7 Å². The van der Waals surface area contributed by atoms with Crippen LogP contribution in [0, 0.1) is 17.8 Å². The minimum atomic E-state index is -0.346. The van der Waals surface area contributed by atoms with Gasteiger partial charge in [0.2, 0.25) is 0 Å². The SMILES string of the molecule is CCC1CC(=NC(C)C(C)C(C)C)C(F)=CN=C1N. The molecule has 3 atom stereocenters. The molecule has 0 aromatic rings. The highest BCUT2D eigenvalue weighted by atomic mass is 19.1. The van der Waals surface area contributed by atoms with E-state index in [4.69, 9.17) is 5.73 Å². The number of hydrogen-bond donors (Lipinski definition) is 1. The molecule has 19 heavy (non-hydrogen) atoms. The van der Waals surface area contributed by atoms with Crippen molar-refractivity contribution in [2.75, 3.05) is 0 Å². The Labute approximate surface area is 115 Å². The molecule has 0 bridgehead atoms. The largest absolute Gasteiger partial charge is 0.387 e. The first-order valence-corrected chi connectivity index (χ1v) is 7.12. The van der Waals surface area contributed by atoms with Gasteiger partial charge in [0.1, 0.15) is 5.84 Å². The summed E-state index contributed by atoms with van der Waals surface area (Å²) in [6, 6.07) is 0.103. The zero-order chi connectivity index (χ0) is 14.6. The Morgan fingerprint density at radius 3 is 2.58 bits per heavy atom. The second kappa shape index (κ2) is 6.83. The summed E-state index contributed by atoms with van der Waals surface area (Å²) < 4.78 is 14.0. The summed E-state index contributed by atoms with van der Waals surface area (Å²) in [4.78, 5) is 8.55. The molecule has 3 unspecified atom stereocenters. The smallest absolute Gasteiger partial charge is 0.162 e. The van der Waals surface area contributed by atoms with Gasteiger partial charge in [0, 0.05) is 12.3 Å². The molecule has 3 nitrogen and oxygen atoms in total. The Kier molecular flexibility index (Phi) is 5.70. The van der Waals surface area contributed by atoms with Crippen molar-refractivity contribution >= 4 is 11.5 Å². The van der Waals surface area contributed by atoms with Crippen LogP contribution in [0.4, 0.5) is 4.39 Å². The highest BCUT2D eigenvalue weighted by Crippen LogP contribution is 2.22. The zero-order valence-electron chi connectivity index (χ0n) is 12.7. The zero-order valence-corrected chi connectivity index (χ0v) is 12.7. The van der Waals surface area contributed by atoms with Gasteiger partial charge in [-0.15, -0.1) is 0 Å². The maximum absolute atomic E-state index is 14.0. The summed E-state index contributed by atoms with van der Waals surface area (Å²) in [6.07, 6.45) is 2.60. The van der Waals surface area contributed by atoms with Crippen LogP contribution in [0.15, 0.2) is 22.0 Å². The molecular formula is C15H26FN3. The molecule has 2 N–H and O–H groups in total. The van der Waals surface area contributed by atoms with Crippen molar-refractivity contribution in [2.24, 2.45) is 33.5 Å². The van der Waals surface area contributed by atoms with Crippen molar-refractivity contribution in [1.82, 2.24) is 0 Å². The molecule has 0 fully saturated rings. The molecule has 1 aliphatic rings. The molecule has 0 aliphatic carbocycles. The molecule has 0 aromatic heterocycles. The third kappa shape index (κ3) is 4.15. The number of aliphatic imine (C=N–C) groups is 2. The van der Waals surface area contributed by atoms with E-state index >= 15 is 0 Å². The van der Waals surface area contributed by atoms with Gasteiger partial charge in [-0.2, -0.15) is 0 Å². The van der Waals surface area contributed by atoms with E-state index in [0.717, 1.165) is 6.42 Å². The van der Waals surface area contributed by atoms with Crippen molar-refractivity contribution in [2.45, 2.75) is 53.5 Å². The number of rotatable bonds is 4. The van der Waals surface area contributed by atoms with Gasteiger partial charge < -0.3 is 5.73 Å². The summed E-state index contributed by atoms with van der Waals surface area (Å²) in [5.41, 5.74) is 6.35. The van der Waals surface area contributed by atoms with E-state index < -0.39 is 0 Å². The van der Waals surface area contributed by atoms with Crippen LogP contribution in [0.1, 0.15) is 47.5 Å². The molecule has 0 saturated heterocycles. The Morgan fingerprint density at radius 1 is 1.42 bits per heavy atom. The molecule has 0 aromatic carbocycles. The third-order valence-electron chi connectivity index (χ3n) is 4.13. The van der Waals surface area contributed by atoms with Gasteiger partial charge in [-0.3, -0.25) is 4.99 Å². The first-order chi connectivity index (χ1) is 8.86. The molecule has 0 spiro atoms. The lowest BCUT2D eigenvalue weighted by Crippen LogP contribution is -2.25. The fraction of sp³-hybridized carbons (Fsp3) is 0.733. The minimum Gasteiger partial charge on any atom is -0.387 e. The Morgan fingerprint density at radius 2 is 2.05 bits per heavy atom. The van der Waals surface area contributed by atoms with E-state index in [9.17, 15) is 4.39 Å². The van der Waals surface area contributed by atoms with Crippen LogP contribution in [0.3, 0.4) is 0 Å². The van der Waals surface area contributed by atoms with Crippen LogP contribution >= 0.6 is 0 Å². The lowest BCUT2D eigenvalue weighted by molar-refractivity contribution is 0.363. The van der Waals surface area contributed by atoms with Crippen molar-refractivity contribution in [3.63, 3.8) is 0 Å². The van der Waals surface area contributed by atoms with Crippen LogP contribution in [0.25, 0.3) is 0 Å². The first kappa shape index (κ1) is 15.9. The fourth-order valence-electron chi connectivity index (χ4n) is 2.13. The second-order valence-corrected chi connectivity index (χ2v) is 5.76. The average molecular weight is 267 g/mol. The van der Waals surface area contributed by atoms with Crippen molar-refractivity contribution in [3.8, 4) is 0 Å². The third-order valence-corrected chi connectivity index (χ3v) is 4.13. The number of nitrogens with two attached hydrogens (primary N) is 1. The highest BCUT2D eigenvalue weighted by Gasteiger charge is 2.22. The molecule has 0 amide bonds. The van der Waals surface area contributed by atoms with Gasteiger partial charge in [-0.25, -0.2) is 9.38 Å². The molecule has 1 heterocycles. The van der Waals surface area contributed by atoms with E-state index in [-0.39, 0.29) is 17.8 Å². The molecule has 4 heteroatoms. The predicted octanol–water partition coefficient (Wildman–Crippen LogP) is 3.71. The van der Waals surface area contributed by atoms with E-state index in [1.165, 1.54) is 6.20 Å². The van der Waals surface area contributed by atoms with Crippen LogP contribution in [0.2, 0.25) is 0 Å². The van der Waals surface area contributed by atoms with Gasteiger partial charge in [0.05, 0.1) is 18.0 Å². The first-order valence-electron chi connectivity index (χ1n) is 7.12. The monoisotopic (exact) mass is 267 g/mol. The van der Waals surface area contributed by atoms with Gasteiger partial charge >= 0.3 is 0 Å². The minimum absolute atomic E-state index is 0.0878. The van der Waals surface area contributed by atoms with Crippen LogP contribution in [-0.2, 0) is 0 Å². The maximum atomic E-state index is 14.0. The fourth-order valence-corrected chi connectivity index (χ4v) is 2.13. The number of allylic oxidation sites excluding steroid dienone is 1. The van der Waals surface area contributed by atoms with Crippen molar-refractivity contribution in [1.29, 1.82) is 0 Å². The Balaban J connectivity index is 2.93. The second-order valence-electron chi connectivity index (χ2n) is 5.76. The number of nitrogens with zero attached hydrogens (tertiary/aromatic N) is 2. The Hall–Kier alpha value is -1.19. The highest BCUT2D eigenvalue weighted by molar-refractivity contribution is 6.02. The standard InChI is InChI=1S/C15H26FN3/c1-6-12-7-14(13(16)8-18-15(12)17)19-11(5)10(4)9(2)3/h8-12H,6-7H2,1-5H3,(H2,17,18). The lowest BCUT2D eigenvalue weighted by Gasteiger charge is -2.21. The van der Waals surface area contributed by atoms with Crippen LogP contribution in [-0.4, -0.2) is 17.6 Å². The van der Waals surface area contributed by atoms with Crippen molar-refractivity contribution in [3.05, 3.63) is 12.0 Å². The number of hydrogen-bond acceptors (Lipinski definition) is 3. The molecule has 108 valence electrons. The van der Waals surface area contributed by atoms with E-state index in [2.05, 4.69) is 30.8 Å². The molecule has 1 rings (SSSR count). The lowest BCUT2D eigenvalue weighted by atomic mass is 9.91. The van der Waals surface area contributed by atoms with Gasteiger partial charge in [0.25, 0.3) is 0 Å². The van der Waals surface area contributed by atoms with Gasteiger partial charge in [-0.05, 0) is 25.2 Å². The topological polar surface area (TPSA) is 50.7 Å². The summed E-state index contributed by atoms with van der Waals surface area (Å²) in [5, 5.41) is 0. The quantitative estimate of drug-likeness (QED) is 0.829. The molecule has 0 radical (unpaired) electrons. The van der Waals surface area contributed by atoms with E-state index in [1.807, 2.05) is 13.8 Å². The average Bonchev–Trinajstić information content (AvgIpc) is 2.50. The molecule has 0 saturated carbocycles. The molecular weight excluding hydrogens is 241 g/mol. The maximum Gasteiger partial charge on any atom is 0.162 e. The normalized spacial score (nSPS) is 25.8. The summed E-state index contributed by atoms with van der Waals surface area (Å²) in [6.45, 7) is 10.6. The van der Waals surface area contributed by atoms with Gasteiger partial charge in [0.15, 0.2) is 5.83 Å². The van der Waals surface area contributed by atoms with E-state index in [1.54, 1.807) is 0 Å². The van der Waals surface area contributed by atoms with Crippen molar-refractivity contribution < 1.29 is 4.39 Å². The number of halogens is 1. The van der Waals surface area contributed by atoms with Crippen LogP contribution in [0.5, 0.6) is 0 Å². The van der Waals surface area contributed by atoms with Crippen LogP contribution < -0.4 is 5.73 Å². The number of amidine groups is 1. The summed E-state index contributed by atoms with van der Waals surface area (Å²) >= 11 is 0. The molecule has 1 aliphatic heterocycles. The van der Waals surface area contributed by atoms with E-state index in [0.29, 0.717) is 29.8 Å².